The highest BCUT2D eigenvalue weighted by molar-refractivity contribution is 6.04. The van der Waals surface area contributed by atoms with Crippen molar-refractivity contribution >= 4 is 34.5 Å². The van der Waals surface area contributed by atoms with Gasteiger partial charge in [0.05, 0.1) is 11.0 Å². The number of hydrogen-bond donors (Lipinski definition) is 3. The van der Waals surface area contributed by atoms with Gasteiger partial charge in [-0.25, -0.2) is 4.98 Å². The van der Waals surface area contributed by atoms with E-state index in [9.17, 15) is 14.7 Å². The summed E-state index contributed by atoms with van der Waals surface area (Å²) in [6, 6.07) is 14.0. The van der Waals surface area contributed by atoms with Gasteiger partial charge < -0.3 is 19.9 Å². The summed E-state index contributed by atoms with van der Waals surface area (Å²) >= 11 is 0. The van der Waals surface area contributed by atoms with Gasteiger partial charge in [0.15, 0.2) is 0 Å². The van der Waals surface area contributed by atoms with Crippen LogP contribution in [0.2, 0.25) is 0 Å². The molecule has 3 N–H and O–H groups in total. The SMILES string of the molecule is CC(C)[C@@H](C)NCc1cccc(C(=O)Nc2nc3cc(N(C)C(=O)CC4CCCC4)ccc3n2CCCN2CCCC2O)c1. The molecule has 1 saturated carbocycles. The Morgan fingerprint density at radius 1 is 1.05 bits per heavy atom. The molecule has 44 heavy (non-hydrogen) atoms. The first-order valence-electron chi connectivity index (χ1n) is 16.5. The van der Waals surface area contributed by atoms with Gasteiger partial charge >= 0.3 is 0 Å². The Labute approximate surface area is 262 Å². The summed E-state index contributed by atoms with van der Waals surface area (Å²) in [5.41, 5.74) is 4.08. The molecule has 0 radical (unpaired) electrons. The number of nitrogens with zero attached hydrogens (tertiary/aromatic N) is 4. The predicted octanol–water partition coefficient (Wildman–Crippen LogP) is 5.77. The van der Waals surface area contributed by atoms with E-state index in [1.54, 1.807) is 4.90 Å². The van der Waals surface area contributed by atoms with Gasteiger partial charge in [0, 0.05) is 56.9 Å². The maximum atomic E-state index is 13.5. The monoisotopic (exact) mass is 602 g/mol. The highest BCUT2D eigenvalue weighted by atomic mass is 16.3. The topological polar surface area (TPSA) is 103 Å². The van der Waals surface area contributed by atoms with Gasteiger partial charge in [-0.15, -0.1) is 0 Å². The van der Waals surface area contributed by atoms with Crippen molar-refractivity contribution in [2.24, 2.45) is 11.8 Å². The second kappa shape index (κ2) is 14.7. The molecule has 1 aliphatic heterocycles. The fourth-order valence-corrected chi connectivity index (χ4v) is 6.40. The van der Waals surface area contributed by atoms with Gasteiger partial charge in [-0.2, -0.15) is 0 Å². The summed E-state index contributed by atoms with van der Waals surface area (Å²) in [7, 11) is 1.84. The van der Waals surface area contributed by atoms with Crippen LogP contribution in [0, 0.1) is 11.8 Å². The van der Waals surface area contributed by atoms with E-state index in [1.807, 2.05) is 49.5 Å². The van der Waals surface area contributed by atoms with Gasteiger partial charge in [0.25, 0.3) is 5.91 Å². The quantitative estimate of drug-likeness (QED) is 0.230. The lowest BCUT2D eigenvalue weighted by Gasteiger charge is -2.20. The van der Waals surface area contributed by atoms with Crippen LogP contribution in [0.15, 0.2) is 42.5 Å². The third-order valence-corrected chi connectivity index (χ3v) is 9.63. The molecule has 2 heterocycles. The molecule has 238 valence electrons. The van der Waals surface area contributed by atoms with Crippen molar-refractivity contribution in [2.75, 3.05) is 30.4 Å². The Kier molecular flexibility index (Phi) is 10.7. The number of aromatic nitrogens is 2. The van der Waals surface area contributed by atoms with E-state index in [2.05, 4.69) is 40.9 Å². The molecule has 0 spiro atoms. The molecule has 2 amide bonds. The molecule has 9 nitrogen and oxygen atoms in total. The van der Waals surface area contributed by atoms with E-state index in [0.717, 1.165) is 67.5 Å². The summed E-state index contributed by atoms with van der Waals surface area (Å²) in [6.07, 6.45) is 7.55. The maximum absolute atomic E-state index is 13.5. The third-order valence-electron chi connectivity index (χ3n) is 9.63. The molecule has 2 atom stereocenters. The number of aliphatic hydroxyl groups is 1. The number of benzene rings is 2. The summed E-state index contributed by atoms with van der Waals surface area (Å²) in [5, 5.41) is 16.9. The van der Waals surface area contributed by atoms with Gasteiger partial charge in [0.2, 0.25) is 11.9 Å². The van der Waals surface area contributed by atoms with Crippen molar-refractivity contribution in [1.82, 2.24) is 19.8 Å². The van der Waals surface area contributed by atoms with Crippen LogP contribution in [0.5, 0.6) is 0 Å². The number of anilines is 2. The fourth-order valence-electron chi connectivity index (χ4n) is 6.40. The van der Waals surface area contributed by atoms with Crippen molar-refractivity contribution in [1.29, 1.82) is 0 Å². The van der Waals surface area contributed by atoms with E-state index >= 15 is 0 Å². The number of likely N-dealkylation sites (tertiary alicyclic amines) is 1. The molecular formula is C35H50N6O3. The molecule has 2 aliphatic rings. The number of fused-ring (bicyclic) bond motifs is 1. The van der Waals surface area contributed by atoms with Gasteiger partial charge in [0.1, 0.15) is 6.23 Å². The van der Waals surface area contributed by atoms with Crippen LogP contribution in [0.25, 0.3) is 11.0 Å². The highest BCUT2D eigenvalue weighted by Gasteiger charge is 2.24. The molecule has 1 unspecified atom stereocenters. The Morgan fingerprint density at radius 2 is 1.84 bits per heavy atom. The minimum absolute atomic E-state index is 0.130. The lowest BCUT2D eigenvalue weighted by Crippen LogP contribution is -2.30. The second-order valence-corrected chi connectivity index (χ2v) is 13.1. The molecule has 3 aromatic rings. The number of carbonyl (C=O) groups excluding carboxylic acids is 2. The molecule has 1 saturated heterocycles. The summed E-state index contributed by atoms with van der Waals surface area (Å²) in [5.74, 6) is 1.41. The number of aryl methyl sites for hydroxylation is 1. The number of amides is 2. The van der Waals surface area contributed by atoms with Crippen LogP contribution < -0.4 is 15.5 Å². The van der Waals surface area contributed by atoms with Crippen molar-refractivity contribution in [3.05, 3.63) is 53.6 Å². The highest BCUT2D eigenvalue weighted by Crippen LogP contribution is 2.30. The zero-order chi connectivity index (χ0) is 31.2. The summed E-state index contributed by atoms with van der Waals surface area (Å²) < 4.78 is 2.05. The lowest BCUT2D eigenvalue weighted by molar-refractivity contribution is -0.119. The minimum atomic E-state index is -0.376. The molecule has 2 aromatic carbocycles. The summed E-state index contributed by atoms with van der Waals surface area (Å²) in [4.78, 5) is 35.3. The second-order valence-electron chi connectivity index (χ2n) is 13.1. The van der Waals surface area contributed by atoms with Crippen molar-refractivity contribution in [3.63, 3.8) is 0 Å². The number of rotatable bonds is 13. The van der Waals surface area contributed by atoms with Crippen LogP contribution in [-0.4, -0.2) is 63.8 Å². The van der Waals surface area contributed by atoms with Gasteiger partial charge in [-0.1, -0.05) is 38.8 Å². The van der Waals surface area contributed by atoms with Gasteiger partial charge in [-0.3, -0.25) is 19.8 Å². The fraction of sp³-hybridized carbons (Fsp3) is 0.571. The van der Waals surface area contributed by atoms with E-state index < -0.39 is 0 Å². The predicted molar refractivity (Wildman–Crippen MR) is 177 cm³/mol. The Balaban J connectivity index is 1.35. The standard InChI is InChI=1S/C35H50N6O3/c1-24(2)25(3)36-23-27-12-7-13-28(20-27)34(44)38-35-37-30-22-29(39(4)33(43)21-26-10-5-6-11-26)15-16-31(30)41(35)19-9-18-40-17-8-14-32(40)42/h7,12-13,15-16,20,22,24-26,32,36,42H,5-6,8-11,14,17-19,21,23H2,1-4H3,(H,37,38,44)/t25-,32?/m1/s1. The number of carbonyl (C=O) groups is 2. The first-order chi connectivity index (χ1) is 21.2. The van der Waals surface area contributed by atoms with Crippen molar-refractivity contribution in [3.8, 4) is 0 Å². The zero-order valence-electron chi connectivity index (χ0n) is 26.9. The molecule has 5 rings (SSSR count). The molecular weight excluding hydrogens is 552 g/mol. The first-order valence-corrected chi connectivity index (χ1v) is 16.5. The largest absolute Gasteiger partial charge is 0.378 e. The number of hydrogen-bond acceptors (Lipinski definition) is 6. The van der Waals surface area contributed by atoms with Gasteiger partial charge in [-0.05, 0) is 86.8 Å². The summed E-state index contributed by atoms with van der Waals surface area (Å²) in [6.45, 7) is 9.56. The Morgan fingerprint density at radius 3 is 2.57 bits per heavy atom. The maximum Gasteiger partial charge on any atom is 0.257 e. The van der Waals surface area contributed by atoms with Crippen LogP contribution in [-0.2, 0) is 17.9 Å². The van der Waals surface area contributed by atoms with E-state index in [0.29, 0.717) is 48.9 Å². The molecule has 1 aromatic heterocycles. The lowest BCUT2D eigenvalue weighted by atomic mass is 10.0. The van der Waals surface area contributed by atoms with E-state index in [1.165, 1.54) is 12.8 Å². The third kappa shape index (κ3) is 7.86. The average Bonchev–Trinajstić information content (AvgIpc) is 3.76. The molecule has 2 fully saturated rings. The van der Waals surface area contributed by atoms with Crippen LogP contribution in [0.1, 0.15) is 88.1 Å². The Hall–Kier alpha value is -3.27. The molecule has 0 bridgehead atoms. The van der Waals surface area contributed by atoms with Crippen molar-refractivity contribution < 1.29 is 14.7 Å². The molecule has 1 aliphatic carbocycles. The molecule has 9 heteroatoms. The van der Waals surface area contributed by atoms with E-state index in [4.69, 9.17) is 4.98 Å². The first kappa shape index (κ1) is 32.1. The van der Waals surface area contributed by atoms with Crippen molar-refractivity contribution in [2.45, 2.75) is 97.5 Å². The average molecular weight is 603 g/mol. The minimum Gasteiger partial charge on any atom is -0.378 e. The smallest absolute Gasteiger partial charge is 0.257 e. The number of imidazole rings is 1. The van der Waals surface area contributed by atoms with Crippen LogP contribution in [0.4, 0.5) is 11.6 Å². The van der Waals surface area contributed by atoms with Crippen LogP contribution >= 0.6 is 0 Å². The number of aliphatic hydroxyl groups excluding tert-OH is 1. The Bertz CT molecular complexity index is 1430. The zero-order valence-corrected chi connectivity index (χ0v) is 26.9. The van der Waals surface area contributed by atoms with E-state index in [-0.39, 0.29) is 18.0 Å². The van der Waals surface area contributed by atoms with Crippen LogP contribution in [0.3, 0.4) is 0 Å². The normalized spacial score (nSPS) is 18.4. The number of nitrogens with one attached hydrogen (secondary N) is 2.